The number of halogens is 1. The number of anilines is 1. The van der Waals surface area contributed by atoms with Crippen LogP contribution >= 0.6 is 0 Å². The van der Waals surface area contributed by atoms with Crippen molar-refractivity contribution in [3.05, 3.63) is 77.7 Å². The number of terminal acetylenes is 1. The maximum atomic E-state index is 17.0. The minimum atomic E-state index is -0.603. The maximum Gasteiger partial charge on any atom is 0.319 e. The molecule has 252 valence electrons. The molecule has 2 aromatic heterocycles. The second-order valence-corrected chi connectivity index (χ2v) is 14.7. The van der Waals surface area contributed by atoms with Gasteiger partial charge in [0.1, 0.15) is 35.1 Å². The maximum absolute atomic E-state index is 17.0. The molecule has 9 nitrogen and oxygen atoms in total. The predicted octanol–water partition coefficient (Wildman–Crippen LogP) is 5.98. The number of nitrogens with one attached hydrogen (secondary N) is 1. The minimum Gasteiger partial charge on any atom is -0.508 e. The molecule has 2 bridgehead atoms. The number of nitrogens with zero attached hydrogens (tertiary/aromatic N) is 5. The van der Waals surface area contributed by atoms with Crippen LogP contribution in [0, 0.1) is 24.1 Å². The Morgan fingerprint density at radius 3 is 2.82 bits per heavy atom. The van der Waals surface area contributed by atoms with Crippen molar-refractivity contribution in [2.24, 2.45) is 5.92 Å². The van der Waals surface area contributed by atoms with Crippen molar-refractivity contribution >= 4 is 27.5 Å². The molecular weight excluding hydrogens is 631 g/mol. The van der Waals surface area contributed by atoms with E-state index in [1.807, 2.05) is 24.3 Å². The van der Waals surface area contributed by atoms with Crippen LogP contribution in [0.4, 0.5) is 10.2 Å². The van der Waals surface area contributed by atoms with E-state index in [-0.39, 0.29) is 34.6 Å². The molecule has 0 saturated carbocycles. The third kappa shape index (κ3) is 4.56. The fourth-order valence-corrected chi connectivity index (χ4v) is 9.71. The van der Waals surface area contributed by atoms with Gasteiger partial charge in [-0.25, -0.2) is 4.39 Å². The molecule has 5 atom stereocenters. The zero-order valence-electron chi connectivity index (χ0n) is 27.6. The van der Waals surface area contributed by atoms with Crippen molar-refractivity contribution in [3.63, 3.8) is 0 Å². The Bertz CT molecular complexity index is 2230. The first kappa shape index (κ1) is 29.9. The highest BCUT2D eigenvalue weighted by Crippen LogP contribution is 2.55. The van der Waals surface area contributed by atoms with E-state index in [0.717, 1.165) is 57.5 Å². The molecule has 5 aliphatic rings. The van der Waals surface area contributed by atoms with Crippen molar-refractivity contribution in [2.75, 3.05) is 37.7 Å². The number of benzene rings is 3. The fourth-order valence-electron chi connectivity index (χ4n) is 9.71. The van der Waals surface area contributed by atoms with Crippen LogP contribution in [0.25, 0.3) is 32.9 Å². The van der Waals surface area contributed by atoms with Gasteiger partial charge in [0.2, 0.25) is 0 Å². The molecule has 4 fully saturated rings. The molecule has 5 aliphatic heterocycles. The van der Waals surface area contributed by atoms with E-state index >= 15 is 4.39 Å². The SMILES string of the molecule is C#Cc1cccc2cc(O)cc(-c3ncc4c(N5CC6CCC(C5)N6)nc(OCC56CCCN5[C@H]5c7ccccc7OCC5C6)nc4c3F)c12. The molecule has 2 N–H and O–H groups in total. The van der Waals surface area contributed by atoms with Crippen molar-refractivity contribution in [1.29, 1.82) is 0 Å². The molecule has 4 unspecified atom stereocenters. The van der Waals surface area contributed by atoms with Gasteiger partial charge in [-0.3, -0.25) is 9.88 Å². The van der Waals surface area contributed by atoms with Gasteiger partial charge in [0.05, 0.1) is 17.5 Å². The molecule has 10 heteroatoms. The van der Waals surface area contributed by atoms with Gasteiger partial charge in [0.15, 0.2) is 5.82 Å². The standard InChI is InChI=1S/C40H37FN6O3/c1-2-23-7-5-8-24-15-28(48)16-30(33(23)24)35-34(41)36-31(18-42-35)38(46-19-26-11-12-27(20-46)43-26)45-39(44-36)50-22-40-13-6-14-47(40)37-25(17-40)21-49-32-10-4-3-9-29(32)37/h1,3-5,7-10,15-16,18,25-27,37,43,48H,6,11-14,17,19-22H2/t25?,26?,27?,37-,40?/m1/s1. The van der Waals surface area contributed by atoms with E-state index in [1.54, 1.807) is 12.3 Å². The topological polar surface area (TPSA) is 95.9 Å². The highest BCUT2D eigenvalue weighted by atomic mass is 19.1. The Kier molecular flexibility index (Phi) is 6.74. The van der Waals surface area contributed by atoms with Gasteiger partial charge < -0.3 is 24.8 Å². The van der Waals surface area contributed by atoms with Gasteiger partial charge in [-0.15, -0.1) is 6.42 Å². The van der Waals surface area contributed by atoms with Gasteiger partial charge in [-0.05, 0) is 68.3 Å². The number of aromatic nitrogens is 3. The molecule has 3 aromatic carbocycles. The van der Waals surface area contributed by atoms with Gasteiger partial charge in [-0.1, -0.05) is 36.3 Å². The molecule has 0 radical (unpaired) electrons. The van der Waals surface area contributed by atoms with Crippen molar-refractivity contribution in [1.82, 2.24) is 25.2 Å². The van der Waals surface area contributed by atoms with E-state index in [4.69, 9.17) is 25.9 Å². The summed E-state index contributed by atoms with van der Waals surface area (Å²) in [5.41, 5.74) is 2.27. The summed E-state index contributed by atoms with van der Waals surface area (Å²) in [6.45, 7) is 3.60. The number of ether oxygens (including phenoxy) is 2. The second-order valence-electron chi connectivity index (χ2n) is 14.7. The lowest BCUT2D eigenvalue weighted by Crippen LogP contribution is -2.51. The summed E-state index contributed by atoms with van der Waals surface area (Å²) in [6.07, 6.45) is 12.8. The van der Waals surface area contributed by atoms with E-state index in [9.17, 15) is 5.11 Å². The fraction of sp³-hybridized carbons (Fsp3) is 0.375. The molecule has 50 heavy (non-hydrogen) atoms. The number of rotatable bonds is 5. The molecule has 10 rings (SSSR count). The van der Waals surface area contributed by atoms with E-state index in [1.165, 1.54) is 11.6 Å². The predicted molar refractivity (Wildman–Crippen MR) is 189 cm³/mol. The number of phenols is 1. The molecule has 5 aromatic rings. The average molecular weight is 669 g/mol. The minimum absolute atomic E-state index is 0.00260. The number of aromatic hydroxyl groups is 1. The van der Waals surface area contributed by atoms with Gasteiger partial charge >= 0.3 is 6.01 Å². The van der Waals surface area contributed by atoms with Crippen LogP contribution in [0.3, 0.4) is 0 Å². The lowest BCUT2D eigenvalue weighted by molar-refractivity contribution is 0.0780. The van der Waals surface area contributed by atoms with Crippen LogP contribution in [0.15, 0.2) is 60.8 Å². The molecular formula is C40H37FN6O3. The summed E-state index contributed by atoms with van der Waals surface area (Å²) in [7, 11) is 0. The van der Waals surface area contributed by atoms with E-state index in [2.05, 4.69) is 44.2 Å². The highest BCUT2D eigenvalue weighted by molar-refractivity contribution is 6.02. The Labute approximate surface area is 289 Å². The lowest BCUT2D eigenvalue weighted by Gasteiger charge is -2.36. The number of hydrogen-bond donors (Lipinski definition) is 2. The average Bonchev–Trinajstić information content (AvgIpc) is 3.80. The second kappa shape index (κ2) is 11.3. The Balaban J connectivity index is 1.07. The number of para-hydroxylation sites is 1. The summed E-state index contributed by atoms with van der Waals surface area (Å²) in [4.78, 5) is 19.3. The summed E-state index contributed by atoms with van der Waals surface area (Å²) < 4.78 is 29.9. The monoisotopic (exact) mass is 668 g/mol. The number of piperazine rings is 1. The highest BCUT2D eigenvalue weighted by Gasteiger charge is 2.56. The summed E-state index contributed by atoms with van der Waals surface area (Å²) >= 11 is 0. The van der Waals surface area contributed by atoms with Crippen LogP contribution in [0.2, 0.25) is 0 Å². The van der Waals surface area contributed by atoms with Crippen LogP contribution in [-0.4, -0.2) is 75.4 Å². The molecule has 0 aliphatic carbocycles. The summed E-state index contributed by atoms with van der Waals surface area (Å²) in [5, 5.41) is 16.2. The van der Waals surface area contributed by atoms with E-state index < -0.39 is 5.82 Å². The first-order valence-corrected chi connectivity index (χ1v) is 17.7. The van der Waals surface area contributed by atoms with Gasteiger partial charge in [0, 0.05) is 65.4 Å². The van der Waals surface area contributed by atoms with Crippen molar-refractivity contribution in [3.8, 4) is 41.1 Å². The number of phenolic OH excluding ortho intramolecular Hbond substituents is 1. The molecule has 4 saturated heterocycles. The molecule has 7 heterocycles. The van der Waals surface area contributed by atoms with Crippen LogP contribution in [0.1, 0.15) is 49.3 Å². The third-order valence-electron chi connectivity index (χ3n) is 11.8. The van der Waals surface area contributed by atoms with E-state index in [0.29, 0.717) is 64.3 Å². The largest absolute Gasteiger partial charge is 0.508 e. The Morgan fingerprint density at radius 2 is 1.96 bits per heavy atom. The van der Waals surface area contributed by atoms with Crippen LogP contribution in [-0.2, 0) is 0 Å². The van der Waals surface area contributed by atoms with Crippen molar-refractivity contribution < 1.29 is 19.0 Å². The number of hydrogen-bond acceptors (Lipinski definition) is 9. The normalized spacial score (nSPS) is 26.8. The molecule has 0 amide bonds. The quantitative estimate of drug-likeness (QED) is 0.220. The van der Waals surface area contributed by atoms with Crippen LogP contribution in [0.5, 0.6) is 17.5 Å². The van der Waals surface area contributed by atoms with Crippen LogP contribution < -0.4 is 19.7 Å². The third-order valence-corrected chi connectivity index (χ3v) is 11.8. The summed E-state index contributed by atoms with van der Waals surface area (Å²) in [6, 6.07) is 18.1. The first-order valence-electron chi connectivity index (χ1n) is 17.7. The Morgan fingerprint density at radius 1 is 1.10 bits per heavy atom. The molecule has 0 spiro atoms. The van der Waals surface area contributed by atoms with Gasteiger partial charge in [0.25, 0.3) is 0 Å². The summed E-state index contributed by atoms with van der Waals surface area (Å²) in [5.74, 6) is 4.08. The van der Waals surface area contributed by atoms with Gasteiger partial charge in [-0.2, -0.15) is 9.97 Å². The lowest BCUT2D eigenvalue weighted by atomic mass is 9.86. The van der Waals surface area contributed by atoms with Crippen molar-refractivity contribution in [2.45, 2.75) is 55.8 Å². The smallest absolute Gasteiger partial charge is 0.319 e. The number of pyridine rings is 1. The number of fused-ring (bicyclic) bond motifs is 9. The zero-order valence-corrected chi connectivity index (χ0v) is 27.6. The first-order chi connectivity index (χ1) is 24.5. The zero-order chi connectivity index (χ0) is 33.6. The Hall–Kier alpha value is -4.98.